The maximum atomic E-state index is 12.5. The van der Waals surface area contributed by atoms with Gasteiger partial charge in [-0.15, -0.1) is 0 Å². The fourth-order valence-corrected chi connectivity index (χ4v) is 11.8. The largest absolute Gasteiger partial charge is 0.481 e. The highest BCUT2D eigenvalue weighted by molar-refractivity contribution is 5.94. The predicted octanol–water partition coefficient (Wildman–Crippen LogP) is 3.53. The van der Waals surface area contributed by atoms with Gasteiger partial charge in [0.25, 0.3) is 0 Å². The number of carbonyl (C=O) groups excluding carboxylic acids is 13. The Bertz CT molecular complexity index is 4610. The van der Waals surface area contributed by atoms with Crippen molar-refractivity contribution in [1.29, 1.82) is 0 Å². The summed E-state index contributed by atoms with van der Waals surface area (Å²) in [6.45, 7) is 14.7. The number of carboxylic acids is 6. The van der Waals surface area contributed by atoms with Crippen LogP contribution in [0, 0.1) is 5.92 Å². The van der Waals surface area contributed by atoms with Gasteiger partial charge in [-0.25, -0.2) is 0 Å². The average Bonchev–Trinajstić information content (AvgIpc) is 0.882. The van der Waals surface area contributed by atoms with Gasteiger partial charge in [0.1, 0.15) is 23.4 Å². The van der Waals surface area contributed by atoms with Crippen LogP contribution in [0.3, 0.4) is 0 Å². The summed E-state index contributed by atoms with van der Waals surface area (Å²) < 4.78 is 0. The number of carbonyl (C=O) groups is 19. The minimum absolute atomic E-state index is 0.00611. The van der Waals surface area contributed by atoms with Crippen LogP contribution in [0.15, 0.2) is 182 Å². The molecule has 0 aromatic heterocycles. The lowest BCUT2D eigenvalue weighted by molar-refractivity contribution is -0.140. The van der Waals surface area contributed by atoms with Crippen molar-refractivity contribution in [2.45, 2.75) is 201 Å². The van der Waals surface area contributed by atoms with E-state index in [2.05, 4.69) is 63.8 Å². The zero-order chi connectivity index (χ0) is 99.0. The van der Waals surface area contributed by atoms with Crippen molar-refractivity contribution in [2.24, 2.45) is 5.92 Å². The van der Waals surface area contributed by atoms with Crippen LogP contribution < -0.4 is 63.8 Å². The minimum Gasteiger partial charge on any atom is -0.481 e. The molecule has 0 bridgehead atoms. The topological polar surface area (TPSA) is 590 Å². The molecule has 0 unspecified atom stereocenters. The number of amides is 7. The van der Waals surface area contributed by atoms with Crippen molar-refractivity contribution >= 4 is 112 Å². The summed E-state index contributed by atoms with van der Waals surface area (Å²) in [5, 5.41) is 84.5. The third-order valence-electron chi connectivity index (χ3n) is 18.7. The molecule has 0 saturated heterocycles. The molecule has 6 aromatic carbocycles. The molecule has 0 aliphatic carbocycles. The molecule has 6 aromatic rings. The van der Waals surface area contributed by atoms with Gasteiger partial charge in [0.2, 0.25) is 41.4 Å². The normalized spacial score (nSPS) is 12.4. The number of ketones is 6. The summed E-state index contributed by atoms with van der Waals surface area (Å²) in [5.74, 6) is -9.30. The first-order chi connectivity index (χ1) is 62.4. The second kappa shape index (κ2) is 67.5. The lowest BCUT2D eigenvalue weighted by atomic mass is 9.99. The summed E-state index contributed by atoms with van der Waals surface area (Å²) in [5.41, 5.74) is 5.47. The molecule has 718 valence electrons. The Labute approximate surface area is 768 Å². The van der Waals surface area contributed by atoms with Crippen LogP contribution >= 0.6 is 0 Å². The molecular weight excluding hydrogens is 1710 g/mol. The van der Waals surface area contributed by atoms with Crippen LogP contribution in [0.1, 0.15) is 141 Å². The molecule has 0 spiro atoms. The Morgan fingerprint density at radius 2 is 0.500 bits per heavy atom. The number of hydrogen-bond donors (Lipinski definition) is 18. The summed E-state index contributed by atoms with van der Waals surface area (Å²) in [7, 11) is 0. The van der Waals surface area contributed by atoms with Gasteiger partial charge in [-0.05, 0) is 133 Å². The summed E-state index contributed by atoms with van der Waals surface area (Å²) in [6.07, 6.45) is 3.72. The first-order valence-electron chi connectivity index (χ1n) is 42.7. The smallest absolute Gasteiger partial charge is 0.317 e. The Kier molecular flexibility index (Phi) is 59.4. The quantitative estimate of drug-likeness (QED) is 0.0243. The van der Waals surface area contributed by atoms with Crippen LogP contribution in [0.2, 0.25) is 0 Å². The first kappa shape index (κ1) is 116. The van der Waals surface area contributed by atoms with Gasteiger partial charge in [0, 0.05) is 52.2 Å². The molecule has 18 N–H and O–H groups in total. The highest BCUT2D eigenvalue weighted by Gasteiger charge is 2.30. The van der Waals surface area contributed by atoms with E-state index in [1.54, 1.807) is 31.2 Å². The molecule has 0 saturated carbocycles. The number of aliphatic carboxylic acids is 6. The fourth-order valence-electron chi connectivity index (χ4n) is 11.8. The van der Waals surface area contributed by atoms with Gasteiger partial charge in [-0.3, -0.25) is 113 Å². The van der Waals surface area contributed by atoms with E-state index < -0.39 is 115 Å². The van der Waals surface area contributed by atoms with E-state index in [-0.39, 0.29) is 116 Å². The van der Waals surface area contributed by atoms with Crippen molar-refractivity contribution in [3.8, 4) is 0 Å². The third-order valence-corrected chi connectivity index (χ3v) is 18.7. The van der Waals surface area contributed by atoms with Crippen molar-refractivity contribution in [3.05, 3.63) is 215 Å². The minimum atomic E-state index is -1.21. The molecule has 0 heterocycles. The molecule has 6 rings (SSSR count). The van der Waals surface area contributed by atoms with Gasteiger partial charge in [-0.2, -0.15) is 0 Å². The van der Waals surface area contributed by atoms with E-state index in [4.69, 9.17) is 30.6 Å². The average molecular weight is 1840 g/mol. The second-order valence-electron chi connectivity index (χ2n) is 31.0. The van der Waals surface area contributed by atoms with Crippen LogP contribution in [-0.4, -0.2) is 249 Å². The number of carboxylic acid groups (broad SMARTS) is 6. The van der Waals surface area contributed by atoms with E-state index in [0.717, 1.165) is 33.4 Å². The first-order valence-corrected chi connectivity index (χ1v) is 42.7. The molecule has 0 aliphatic heterocycles. The Morgan fingerprint density at radius 1 is 0.258 bits per heavy atom. The van der Waals surface area contributed by atoms with E-state index in [1.165, 1.54) is 48.5 Å². The van der Waals surface area contributed by atoms with Gasteiger partial charge < -0.3 is 72.7 Å². The van der Waals surface area contributed by atoms with Crippen LogP contribution in [-0.2, 0) is 130 Å². The fraction of sp³-hybridized carbons (Fsp3) is 0.421. The highest BCUT2D eigenvalue weighted by atomic mass is 16.4. The van der Waals surface area contributed by atoms with E-state index >= 15 is 0 Å². The Morgan fingerprint density at radius 3 is 0.735 bits per heavy atom. The van der Waals surface area contributed by atoms with E-state index in [1.807, 2.05) is 172 Å². The van der Waals surface area contributed by atoms with E-state index in [9.17, 15) is 91.1 Å². The number of benzene rings is 6. The summed E-state index contributed by atoms with van der Waals surface area (Å²) >= 11 is 0. The number of rotatable bonds is 54. The lowest BCUT2D eigenvalue weighted by Gasteiger charge is -2.23. The SMILES string of the molecule is CC(=O)CCCNC(=O)[C@H](Cc1ccccc1)NCC(=O)O.CC(=O)CCNC(=O)[C@H](Cc1ccccc1)NC(C)=O.CC(=O)CCNC(=O)[C@H](Cc1ccccc1)NCC(=O)O.CC(=O)[C@H](C)NC(=O)[C@H](Cc1ccccc1)NCC(=O)O.CC(=O)[C@H](CC(=O)O)NC(=O)[C@H](Cc1ccccc1)NCC(=O)O.CC(=O)[C@H](CC(C)C)NC(=O)[C@H](Cc1ccccc1)NCC(=O)O. The molecular formula is C95H128N12O25. The molecule has 9 atom stereocenters. The Hall–Kier alpha value is -13.8. The zero-order valence-electron chi connectivity index (χ0n) is 76.2. The van der Waals surface area contributed by atoms with Crippen LogP contribution in [0.5, 0.6) is 0 Å². The van der Waals surface area contributed by atoms with Crippen LogP contribution in [0.4, 0.5) is 0 Å². The summed E-state index contributed by atoms with van der Waals surface area (Å²) in [4.78, 5) is 216. The maximum Gasteiger partial charge on any atom is 0.317 e. The van der Waals surface area contributed by atoms with Gasteiger partial charge in [-0.1, -0.05) is 196 Å². The third kappa shape index (κ3) is 58.7. The Balaban J connectivity index is 0.000000793. The van der Waals surface area contributed by atoms with Gasteiger partial charge in [0.15, 0.2) is 17.3 Å². The number of Topliss-reactive ketones (excluding diaryl/α,β-unsaturated/α-hetero) is 6. The van der Waals surface area contributed by atoms with Crippen LogP contribution in [0.25, 0.3) is 0 Å². The molecule has 0 aliphatic rings. The number of nitrogens with one attached hydrogen (secondary N) is 12. The van der Waals surface area contributed by atoms with Gasteiger partial charge >= 0.3 is 35.8 Å². The molecule has 132 heavy (non-hydrogen) atoms. The predicted molar refractivity (Wildman–Crippen MR) is 490 cm³/mol. The molecule has 0 fully saturated rings. The summed E-state index contributed by atoms with van der Waals surface area (Å²) in [6, 6.07) is 49.2. The highest BCUT2D eigenvalue weighted by Crippen LogP contribution is 2.13. The van der Waals surface area contributed by atoms with Crippen molar-refractivity contribution in [2.75, 3.05) is 52.4 Å². The van der Waals surface area contributed by atoms with Gasteiger partial charge in [0.05, 0.1) is 87.5 Å². The molecule has 7 amide bonds. The monoisotopic (exact) mass is 1840 g/mol. The van der Waals surface area contributed by atoms with Crippen molar-refractivity contribution < 1.29 is 122 Å². The van der Waals surface area contributed by atoms with Crippen molar-refractivity contribution in [1.82, 2.24) is 63.8 Å². The lowest BCUT2D eigenvalue weighted by Crippen LogP contribution is -2.52. The molecule has 37 nitrogen and oxygen atoms in total. The molecule has 0 radical (unpaired) electrons. The standard InChI is InChI=1S/C18H26N2O4.C16H20N2O6.C16H22N2O4.2C15H20N2O4.C15H20N2O3/c1-12(2)9-15(13(3)21)20-18(24)16(19-11-17(22)23)10-14-7-5-4-6-8-14;1-10(19)12(8-14(20)21)18-16(24)13(17-9-15(22)23)7-11-5-3-2-4-6-11;1-12(19)6-5-9-17-16(22)14(18-11-15(20)21)10-13-7-3-2-4-8-13;1-10(11(2)18)17-15(21)13(16-9-14(19)20)8-12-6-4-3-5-7-12;1-11(18)7-8-16-15(21)13(17-10-14(19)20)9-12-5-3-2-4-6-12;1-11(18)8-9-16-15(20)14(17-12(2)19)10-13-6-4-3-5-7-13/h4-8,12,15-16,19H,9-11H2,1-3H3,(H,20,24)(H,22,23);2-6,12-13,17H,7-9H2,1H3,(H,18,24)(H,20,21)(H,22,23);2-4,7-8,14,18H,5-6,9-11H2,1H3,(H,17,22)(H,20,21);3-7,10,13,16H,8-9H2,1-2H3,(H,17,21)(H,19,20);2-6,13,17H,7-10H2,1H3,(H,16,21)(H,19,20);3-7,14H,8-10H2,1-2H3,(H,16,20)(H,17,19)/t15-,16-;12-,13-;14-;10-,13-;13-;14-/m000000/s1. The zero-order valence-corrected chi connectivity index (χ0v) is 76.2. The van der Waals surface area contributed by atoms with Crippen molar-refractivity contribution in [3.63, 3.8) is 0 Å². The maximum absolute atomic E-state index is 12.5. The second-order valence-corrected chi connectivity index (χ2v) is 31.0. The molecule has 37 heteroatoms. The number of hydrogen-bond acceptors (Lipinski definition) is 24. The van der Waals surface area contributed by atoms with E-state index in [0.29, 0.717) is 70.9 Å².